The van der Waals surface area contributed by atoms with Crippen molar-refractivity contribution in [2.45, 2.75) is 57.9 Å². The van der Waals surface area contributed by atoms with Gasteiger partial charge in [-0.1, -0.05) is 0 Å². The van der Waals surface area contributed by atoms with Gasteiger partial charge in [0.2, 0.25) is 0 Å². The first kappa shape index (κ1) is 13.2. The highest BCUT2D eigenvalue weighted by atomic mass is 16.5. The van der Waals surface area contributed by atoms with Crippen molar-refractivity contribution >= 4 is 0 Å². The number of rotatable bonds is 7. The second-order valence-electron chi connectivity index (χ2n) is 5.62. The van der Waals surface area contributed by atoms with Crippen LogP contribution in [0.2, 0.25) is 0 Å². The van der Waals surface area contributed by atoms with Gasteiger partial charge in [-0.2, -0.15) is 0 Å². The van der Waals surface area contributed by atoms with E-state index in [4.69, 9.17) is 13.9 Å². The standard InChI is InChI=1S/C15H23NO3/c1-11-7-14(10-17-9-13-3-2-6-18-13)19-15(11)8-16-12-4-5-12/h7,12-13,16H,2-6,8-10H2,1H3. The molecule has 1 unspecified atom stereocenters. The maximum absolute atomic E-state index is 5.83. The van der Waals surface area contributed by atoms with Crippen molar-refractivity contribution in [2.75, 3.05) is 13.2 Å². The number of aryl methyl sites for hydroxylation is 1. The molecule has 1 aliphatic carbocycles. The van der Waals surface area contributed by atoms with E-state index in [2.05, 4.69) is 18.3 Å². The second-order valence-corrected chi connectivity index (χ2v) is 5.62. The molecule has 1 saturated heterocycles. The predicted octanol–water partition coefficient (Wildman–Crippen LogP) is 2.54. The molecule has 19 heavy (non-hydrogen) atoms. The Morgan fingerprint density at radius 2 is 2.26 bits per heavy atom. The number of hydrogen-bond acceptors (Lipinski definition) is 4. The van der Waals surface area contributed by atoms with Gasteiger partial charge in [0.15, 0.2) is 0 Å². The first-order valence-electron chi connectivity index (χ1n) is 7.32. The molecule has 2 fully saturated rings. The highest BCUT2D eigenvalue weighted by Gasteiger charge is 2.21. The van der Waals surface area contributed by atoms with Gasteiger partial charge in [0.1, 0.15) is 18.1 Å². The van der Waals surface area contributed by atoms with Gasteiger partial charge in [0, 0.05) is 12.6 Å². The van der Waals surface area contributed by atoms with E-state index < -0.39 is 0 Å². The molecule has 2 heterocycles. The van der Waals surface area contributed by atoms with Gasteiger partial charge < -0.3 is 19.2 Å². The molecule has 0 amide bonds. The van der Waals surface area contributed by atoms with Crippen LogP contribution in [-0.2, 0) is 22.6 Å². The van der Waals surface area contributed by atoms with E-state index in [0.29, 0.717) is 19.3 Å². The zero-order valence-electron chi connectivity index (χ0n) is 11.6. The average molecular weight is 265 g/mol. The second kappa shape index (κ2) is 6.07. The lowest BCUT2D eigenvalue weighted by atomic mass is 10.2. The Kier molecular flexibility index (Phi) is 4.21. The maximum Gasteiger partial charge on any atom is 0.130 e. The quantitative estimate of drug-likeness (QED) is 0.823. The summed E-state index contributed by atoms with van der Waals surface area (Å²) in [7, 11) is 0. The van der Waals surface area contributed by atoms with Crippen LogP contribution in [-0.4, -0.2) is 25.4 Å². The summed E-state index contributed by atoms with van der Waals surface area (Å²) in [6, 6.07) is 2.79. The molecule has 2 aliphatic rings. The molecule has 0 spiro atoms. The summed E-state index contributed by atoms with van der Waals surface area (Å²) in [6.07, 6.45) is 5.17. The summed E-state index contributed by atoms with van der Waals surface area (Å²) in [5, 5.41) is 3.47. The van der Waals surface area contributed by atoms with Gasteiger partial charge in [-0.15, -0.1) is 0 Å². The van der Waals surface area contributed by atoms with Gasteiger partial charge >= 0.3 is 0 Å². The van der Waals surface area contributed by atoms with E-state index in [0.717, 1.165) is 37.5 Å². The highest BCUT2D eigenvalue weighted by Crippen LogP contribution is 2.21. The molecule has 3 rings (SSSR count). The van der Waals surface area contributed by atoms with Crippen LogP contribution in [0.3, 0.4) is 0 Å². The number of furan rings is 1. The molecular weight excluding hydrogens is 242 g/mol. The summed E-state index contributed by atoms with van der Waals surface area (Å²) in [5.74, 6) is 1.96. The van der Waals surface area contributed by atoms with Gasteiger partial charge in [-0.25, -0.2) is 0 Å². The van der Waals surface area contributed by atoms with Gasteiger partial charge in [0.25, 0.3) is 0 Å². The molecule has 4 heteroatoms. The Morgan fingerprint density at radius 3 is 3.00 bits per heavy atom. The van der Waals surface area contributed by atoms with Gasteiger partial charge in [-0.05, 0) is 44.2 Å². The van der Waals surface area contributed by atoms with Crippen LogP contribution in [0, 0.1) is 6.92 Å². The molecule has 4 nitrogen and oxygen atoms in total. The summed E-state index contributed by atoms with van der Waals surface area (Å²) < 4.78 is 17.0. The maximum atomic E-state index is 5.83. The lowest BCUT2D eigenvalue weighted by molar-refractivity contribution is 0.00557. The topological polar surface area (TPSA) is 43.6 Å². The third-order valence-corrected chi connectivity index (χ3v) is 3.77. The molecule has 0 aromatic carbocycles. The third kappa shape index (κ3) is 3.81. The van der Waals surface area contributed by atoms with Crippen LogP contribution in [0.15, 0.2) is 10.5 Å². The SMILES string of the molecule is Cc1cc(COCC2CCCO2)oc1CNC1CC1. The minimum Gasteiger partial charge on any atom is -0.462 e. The van der Waals surface area contributed by atoms with Gasteiger partial charge in [-0.3, -0.25) is 0 Å². The fourth-order valence-electron chi connectivity index (χ4n) is 2.43. The Balaban J connectivity index is 1.43. The molecule has 1 atom stereocenters. The van der Waals surface area contributed by atoms with Crippen molar-refractivity contribution < 1.29 is 13.9 Å². The molecule has 1 N–H and O–H groups in total. The Hall–Kier alpha value is -0.840. The van der Waals surface area contributed by atoms with Crippen LogP contribution >= 0.6 is 0 Å². The first-order valence-corrected chi connectivity index (χ1v) is 7.32. The molecule has 1 saturated carbocycles. The molecule has 106 valence electrons. The Bertz CT molecular complexity index is 406. The largest absolute Gasteiger partial charge is 0.462 e. The van der Waals surface area contributed by atoms with Crippen LogP contribution in [0.5, 0.6) is 0 Å². The molecule has 0 bridgehead atoms. The van der Waals surface area contributed by atoms with Crippen molar-refractivity contribution in [1.29, 1.82) is 0 Å². The Morgan fingerprint density at radius 1 is 1.37 bits per heavy atom. The van der Waals surface area contributed by atoms with Crippen LogP contribution < -0.4 is 5.32 Å². The van der Waals surface area contributed by atoms with Gasteiger partial charge in [0.05, 0.1) is 19.3 Å². The van der Waals surface area contributed by atoms with Crippen molar-refractivity contribution in [1.82, 2.24) is 5.32 Å². The lowest BCUT2D eigenvalue weighted by Crippen LogP contribution is -2.15. The normalized spacial score (nSPS) is 23.1. The van der Waals surface area contributed by atoms with Crippen LogP contribution in [0.25, 0.3) is 0 Å². The number of ether oxygens (including phenoxy) is 2. The zero-order valence-corrected chi connectivity index (χ0v) is 11.6. The fraction of sp³-hybridized carbons (Fsp3) is 0.733. The number of hydrogen-bond donors (Lipinski definition) is 1. The lowest BCUT2D eigenvalue weighted by Gasteiger charge is -2.08. The van der Waals surface area contributed by atoms with E-state index in [1.165, 1.54) is 18.4 Å². The zero-order chi connectivity index (χ0) is 13.1. The average Bonchev–Trinajstić information content (AvgIpc) is 2.95. The minimum atomic E-state index is 0.284. The summed E-state index contributed by atoms with van der Waals surface area (Å²) in [6.45, 7) is 5.03. The predicted molar refractivity (Wildman–Crippen MR) is 71.9 cm³/mol. The minimum absolute atomic E-state index is 0.284. The highest BCUT2D eigenvalue weighted by molar-refractivity contribution is 5.19. The van der Waals surface area contributed by atoms with Crippen molar-refractivity contribution in [3.63, 3.8) is 0 Å². The van der Waals surface area contributed by atoms with Crippen molar-refractivity contribution in [2.24, 2.45) is 0 Å². The monoisotopic (exact) mass is 265 g/mol. The van der Waals surface area contributed by atoms with Crippen LogP contribution in [0.1, 0.15) is 42.8 Å². The van der Waals surface area contributed by atoms with E-state index >= 15 is 0 Å². The van der Waals surface area contributed by atoms with E-state index in [-0.39, 0.29) is 6.10 Å². The molecule has 1 aromatic heterocycles. The summed E-state index contributed by atoms with van der Waals surface area (Å²) in [5.41, 5.74) is 1.21. The molecule has 0 radical (unpaired) electrons. The smallest absolute Gasteiger partial charge is 0.130 e. The van der Waals surface area contributed by atoms with E-state index in [1.807, 2.05) is 0 Å². The Labute approximate surface area is 114 Å². The van der Waals surface area contributed by atoms with E-state index in [1.54, 1.807) is 0 Å². The molecule has 1 aliphatic heterocycles. The van der Waals surface area contributed by atoms with Crippen LogP contribution in [0.4, 0.5) is 0 Å². The molecule has 1 aromatic rings. The van der Waals surface area contributed by atoms with E-state index in [9.17, 15) is 0 Å². The fourth-order valence-corrected chi connectivity index (χ4v) is 2.43. The summed E-state index contributed by atoms with van der Waals surface area (Å²) >= 11 is 0. The number of nitrogens with one attached hydrogen (secondary N) is 1. The van der Waals surface area contributed by atoms with Crippen molar-refractivity contribution in [3.05, 3.63) is 23.2 Å². The third-order valence-electron chi connectivity index (χ3n) is 3.77. The van der Waals surface area contributed by atoms with Crippen molar-refractivity contribution in [3.8, 4) is 0 Å². The molecular formula is C15H23NO3. The summed E-state index contributed by atoms with van der Waals surface area (Å²) in [4.78, 5) is 0. The first-order chi connectivity index (χ1) is 9.31.